The number of aromatic amines is 1. The summed E-state index contributed by atoms with van der Waals surface area (Å²) in [4.78, 5) is 28.8. The largest absolute Gasteiger partial charge is 0.464 e. The predicted octanol–water partition coefficient (Wildman–Crippen LogP) is 0.844. The van der Waals surface area contributed by atoms with Gasteiger partial charge in [0.2, 0.25) is 5.91 Å². The van der Waals surface area contributed by atoms with Gasteiger partial charge in [-0.2, -0.15) is 0 Å². The molecule has 1 aromatic carbocycles. The Kier molecular flexibility index (Phi) is 5.53. The second kappa shape index (κ2) is 8.10. The topological polar surface area (TPSA) is 94.1 Å². The molecule has 1 amide bonds. The third-order valence-corrected chi connectivity index (χ3v) is 5.65. The van der Waals surface area contributed by atoms with E-state index < -0.39 is 17.6 Å². The van der Waals surface area contributed by atoms with Crippen LogP contribution in [0.15, 0.2) is 18.2 Å². The number of fused-ring (bicyclic) bond motifs is 1. The molecule has 1 spiro atoms. The first kappa shape index (κ1) is 19.8. The molecule has 2 aromatic rings. The number of amides is 1. The molecule has 0 atom stereocenters. The summed E-state index contributed by atoms with van der Waals surface area (Å²) in [7, 11) is 1.25. The highest BCUT2D eigenvalue weighted by Crippen LogP contribution is 2.29. The molecule has 156 valence electrons. The van der Waals surface area contributed by atoms with Gasteiger partial charge in [-0.1, -0.05) is 0 Å². The van der Waals surface area contributed by atoms with Crippen LogP contribution in [0.2, 0.25) is 0 Å². The maximum Gasteiger partial charge on any atom is 0.356 e. The second-order valence-electron chi connectivity index (χ2n) is 7.46. The summed E-state index contributed by atoms with van der Waals surface area (Å²) in [6, 6.07) is 4.09. The predicted molar refractivity (Wildman–Crippen MR) is 102 cm³/mol. The number of carbonyl (C=O) groups excluding carboxylic acids is 2. The Hall–Kier alpha value is -2.49. The summed E-state index contributed by atoms with van der Waals surface area (Å²) >= 11 is 0. The normalized spacial score (nSPS) is 19.0. The first-order valence-corrected chi connectivity index (χ1v) is 9.80. The van der Waals surface area contributed by atoms with Crippen LogP contribution >= 0.6 is 0 Å². The van der Waals surface area contributed by atoms with E-state index in [2.05, 4.69) is 10.3 Å². The van der Waals surface area contributed by atoms with Gasteiger partial charge in [0, 0.05) is 10.9 Å². The van der Waals surface area contributed by atoms with Crippen molar-refractivity contribution in [1.29, 1.82) is 0 Å². The molecule has 9 heteroatoms. The van der Waals surface area contributed by atoms with Gasteiger partial charge in [-0.15, -0.1) is 0 Å². The Morgan fingerprint density at radius 3 is 2.69 bits per heavy atom. The van der Waals surface area contributed by atoms with Crippen LogP contribution in [-0.4, -0.2) is 62.6 Å². The number of hydrogen-bond donors (Lipinski definition) is 3. The van der Waals surface area contributed by atoms with Crippen molar-refractivity contribution in [3.8, 4) is 0 Å². The van der Waals surface area contributed by atoms with Gasteiger partial charge in [0.15, 0.2) is 5.79 Å². The van der Waals surface area contributed by atoms with Gasteiger partial charge in [-0.05, 0) is 18.2 Å². The number of nitrogens with one attached hydrogen (secondary N) is 3. The van der Waals surface area contributed by atoms with Gasteiger partial charge in [-0.25, -0.2) is 9.18 Å². The minimum Gasteiger partial charge on any atom is -0.464 e. The summed E-state index contributed by atoms with van der Waals surface area (Å²) in [5.74, 6) is -1.73. The smallest absolute Gasteiger partial charge is 0.356 e. The summed E-state index contributed by atoms with van der Waals surface area (Å²) in [6.45, 7) is 3.70. The molecule has 0 bridgehead atoms. The quantitative estimate of drug-likeness (QED) is 0.640. The third kappa shape index (κ3) is 4.12. The standard InChI is InChI=1S/C20H24FN3O5/c1-27-19(26)18-17(14-12-13(21)2-3-15(14)22-18)23-16(25)4-7-24-8-5-20(6-9-24)28-10-11-29-20/h2-3,12,22H,4-11H2,1H3,(H,23,25)/p+1. The summed E-state index contributed by atoms with van der Waals surface area (Å²) < 4.78 is 29.9. The van der Waals surface area contributed by atoms with Crippen LogP contribution in [0, 0.1) is 5.82 Å². The zero-order chi connectivity index (χ0) is 20.4. The number of rotatable bonds is 5. The molecule has 29 heavy (non-hydrogen) atoms. The summed E-state index contributed by atoms with van der Waals surface area (Å²) in [5.41, 5.74) is 0.895. The number of quaternary nitrogens is 1. The van der Waals surface area contributed by atoms with Crippen LogP contribution in [0.3, 0.4) is 0 Å². The Bertz CT molecular complexity index is 912. The van der Waals surface area contributed by atoms with Gasteiger partial charge in [0.1, 0.15) is 11.5 Å². The molecule has 1 aromatic heterocycles. The number of H-pyrrole nitrogens is 1. The van der Waals surface area contributed by atoms with E-state index in [1.54, 1.807) is 0 Å². The van der Waals surface area contributed by atoms with Crippen molar-refractivity contribution in [3.05, 3.63) is 29.7 Å². The molecule has 3 N–H and O–H groups in total. The Morgan fingerprint density at radius 2 is 2.00 bits per heavy atom. The molecule has 0 aliphatic carbocycles. The van der Waals surface area contributed by atoms with Gasteiger partial charge >= 0.3 is 5.97 Å². The molecular formula is C20H25FN3O5+. The molecule has 2 aliphatic rings. The second-order valence-corrected chi connectivity index (χ2v) is 7.46. The average molecular weight is 406 g/mol. The highest BCUT2D eigenvalue weighted by atomic mass is 19.1. The summed E-state index contributed by atoms with van der Waals surface area (Å²) in [6.07, 6.45) is 1.92. The highest BCUT2D eigenvalue weighted by molar-refractivity contribution is 6.10. The van der Waals surface area contributed by atoms with E-state index in [9.17, 15) is 14.0 Å². The molecular weight excluding hydrogens is 381 g/mol. The number of halogens is 1. The van der Waals surface area contributed by atoms with Gasteiger partial charge < -0.3 is 29.4 Å². The van der Waals surface area contributed by atoms with Gasteiger partial charge in [0.25, 0.3) is 0 Å². The van der Waals surface area contributed by atoms with Crippen molar-refractivity contribution in [1.82, 2.24) is 4.98 Å². The lowest BCUT2D eigenvalue weighted by Crippen LogP contribution is -3.13. The average Bonchev–Trinajstić information content (AvgIpc) is 3.32. The number of likely N-dealkylation sites (tertiary alicyclic amines) is 1. The lowest BCUT2D eigenvalue weighted by atomic mass is 10.0. The van der Waals surface area contributed by atoms with Crippen molar-refractivity contribution in [2.75, 3.05) is 45.3 Å². The van der Waals surface area contributed by atoms with E-state index >= 15 is 0 Å². The van der Waals surface area contributed by atoms with Crippen molar-refractivity contribution in [2.24, 2.45) is 0 Å². The Morgan fingerprint density at radius 1 is 1.28 bits per heavy atom. The van der Waals surface area contributed by atoms with Crippen LogP contribution < -0.4 is 10.2 Å². The van der Waals surface area contributed by atoms with E-state index in [4.69, 9.17) is 14.2 Å². The number of ether oxygens (including phenoxy) is 3. The zero-order valence-corrected chi connectivity index (χ0v) is 16.3. The molecule has 2 fully saturated rings. The van der Waals surface area contributed by atoms with E-state index in [-0.39, 0.29) is 23.7 Å². The first-order chi connectivity index (χ1) is 14.0. The van der Waals surface area contributed by atoms with Crippen molar-refractivity contribution < 1.29 is 33.1 Å². The van der Waals surface area contributed by atoms with Crippen molar-refractivity contribution >= 4 is 28.5 Å². The fourth-order valence-electron chi connectivity index (χ4n) is 4.06. The number of piperidine rings is 1. The minimum absolute atomic E-state index is 0.101. The molecule has 0 radical (unpaired) electrons. The number of esters is 1. The third-order valence-electron chi connectivity index (χ3n) is 5.65. The van der Waals surface area contributed by atoms with E-state index in [0.29, 0.717) is 30.7 Å². The van der Waals surface area contributed by atoms with Crippen LogP contribution in [-0.2, 0) is 19.0 Å². The molecule has 3 heterocycles. The fourth-order valence-corrected chi connectivity index (χ4v) is 4.06. The maximum absolute atomic E-state index is 13.7. The van der Waals surface area contributed by atoms with E-state index in [1.807, 2.05) is 0 Å². The first-order valence-electron chi connectivity index (χ1n) is 9.80. The molecule has 4 rings (SSSR count). The number of aromatic nitrogens is 1. The van der Waals surface area contributed by atoms with E-state index in [1.165, 1.54) is 30.2 Å². The Labute approximate surface area is 167 Å². The van der Waals surface area contributed by atoms with Gasteiger partial charge in [-0.3, -0.25) is 4.79 Å². The van der Waals surface area contributed by atoms with Crippen LogP contribution in [0.4, 0.5) is 10.1 Å². The monoisotopic (exact) mass is 406 g/mol. The van der Waals surface area contributed by atoms with Crippen LogP contribution in [0.1, 0.15) is 29.8 Å². The minimum atomic E-state index is -0.625. The lowest BCUT2D eigenvalue weighted by molar-refractivity contribution is -0.908. The number of methoxy groups -OCH3 is 1. The maximum atomic E-state index is 13.7. The van der Waals surface area contributed by atoms with Crippen molar-refractivity contribution in [3.63, 3.8) is 0 Å². The molecule has 0 unspecified atom stereocenters. The number of carbonyl (C=O) groups is 2. The number of benzene rings is 1. The molecule has 8 nitrogen and oxygen atoms in total. The Balaban J connectivity index is 1.40. The van der Waals surface area contributed by atoms with Crippen LogP contribution in [0.5, 0.6) is 0 Å². The van der Waals surface area contributed by atoms with Crippen molar-refractivity contribution in [2.45, 2.75) is 25.0 Å². The zero-order valence-electron chi connectivity index (χ0n) is 16.3. The highest BCUT2D eigenvalue weighted by Gasteiger charge is 2.41. The van der Waals surface area contributed by atoms with E-state index in [0.717, 1.165) is 25.9 Å². The SMILES string of the molecule is COC(=O)c1[nH]c2ccc(F)cc2c1NC(=O)CC[NH+]1CCC2(CC1)OCCO2. The fraction of sp³-hybridized carbons (Fsp3) is 0.500. The summed E-state index contributed by atoms with van der Waals surface area (Å²) in [5, 5.41) is 3.20. The number of anilines is 1. The molecule has 2 aliphatic heterocycles. The molecule has 2 saturated heterocycles. The lowest BCUT2D eigenvalue weighted by Gasteiger charge is -2.35. The number of hydrogen-bond acceptors (Lipinski definition) is 5. The molecule has 0 saturated carbocycles. The van der Waals surface area contributed by atoms with Crippen LogP contribution in [0.25, 0.3) is 10.9 Å². The van der Waals surface area contributed by atoms with Gasteiger partial charge in [0.05, 0.1) is 64.9 Å².